The molecule has 0 heterocycles. The summed E-state index contributed by atoms with van der Waals surface area (Å²) in [5.74, 6) is 1.75. The van der Waals surface area contributed by atoms with E-state index in [1.165, 1.54) is 12.8 Å². The van der Waals surface area contributed by atoms with Crippen LogP contribution in [0.4, 0.5) is 0 Å². The summed E-state index contributed by atoms with van der Waals surface area (Å²) in [6.45, 7) is 4.48. The summed E-state index contributed by atoms with van der Waals surface area (Å²) < 4.78 is 10.5. The van der Waals surface area contributed by atoms with E-state index in [1.807, 2.05) is 18.2 Å². The van der Waals surface area contributed by atoms with Crippen molar-refractivity contribution in [3.05, 3.63) is 23.8 Å². The van der Waals surface area contributed by atoms with Gasteiger partial charge in [-0.25, -0.2) is 0 Å². The van der Waals surface area contributed by atoms with Crippen LogP contribution in [0, 0.1) is 11.3 Å². The second kappa shape index (κ2) is 5.41. The Labute approximate surface area is 115 Å². The first-order valence-electron chi connectivity index (χ1n) is 6.89. The topological polar surface area (TPSA) is 38.7 Å². The van der Waals surface area contributed by atoms with Crippen LogP contribution in [0.5, 0.6) is 11.5 Å². The Morgan fingerprint density at radius 2 is 1.74 bits per heavy atom. The number of methoxy groups -OCH3 is 2. The van der Waals surface area contributed by atoms with E-state index in [2.05, 4.69) is 13.8 Å². The van der Waals surface area contributed by atoms with Gasteiger partial charge in [-0.05, 0) is 41.9 Å². The number of hydrogen-bond donors (Lipinski definition) is 1. The van der Waals surface area contributed by atoms with Gasteiger partial charge in [0.1, 0.15) is 11.5 Å². The van der Waals surface area contributed by atoms with Gasteiger partial charge in [-0.3, -0.25) is 0 Å². The van der Waals surface area contributed by atoms with E-state index in [4.69, 9.17) is 9.47 Å². The lowest BCUT2D eigenvalue weighted by atomic mass is 9.77. The van der Waals surface area contributed by atoms with Crippen LogP contribution in [0.3, 0.4) is 0 Å². The Bertz CT molecular complexity index is 417. The van der Waals surface area contributed by atoms with E-state index in [9.17, 15) is 5.11 Å². The number of rotatable bonds is 4. The summed E-state index contributed by atoms with van der Waals surface area (Å²) in [5, 5.41) is 10.7. The van der Waals surface area contributed by atoms with E-state index in [1.54, 1.807) is 14.2 Å². The first kappa shape index (κ1) is 14.2. The van der Waals surface area contributed by atoms with E-state index in [0.29, 0.717) is 5.92 Å². The first-order valence-corrected chi connectivity index (χ1v) is 6.89. The third-order valence-corrected chi connectivity index (χ3v) is 4.44. The highest BCUT2D eigenvalue weighted by Gasteiger charge is 2.39. The third kappa shape index (κ3) is 2.86. The fourth-order valence-electron chi connectivity index (χ4n) is 3.17. The largest absolute Gasteiger partial charge is 0.497 e. The van der Waals surface area contributed by atoms with Gasteiger partial charge >= 0.3 is 0 Å². The lowest BCUT2D eigenvalue weighted by Crippen LogP contribution is -2.24. The number of aliphatic hydroxyl groups is 1. The van der Waals surface area contributed by atoms with Crippen molar-refractivity contribution in [2.24, 2.45) is 11.3 Å². The monoisotopic (exact) mass is 264 g/mol. The maximum Gasteiger partial charge on any atom is 0.122 e. The predicted octanol–water partition coefficient (Wildman–Crippen LogP) is 3.56. The fourth-order valence-corrected chi connectivity index (χ4v) is 3.17. The molecule has 0 aromatic heterocycles. The molecule has 2 unspecified atom stereocenters. The van der Waals surface area contributed by atoms with E-state index >= 15 is 0 Å². The van der Waals surface area contributed by atoms with Crippen LogP contribution in [0.1, 0.15) is 44.8 Å². The minimum Gasteiger partial charge on any atom is -0.497 e. The standard InChI is InChI=1S/C16H24O3/c1-16(2)7-5-6-14(16)15(17)11-8-12(18-3)10-13(9-11)19-4/h8-10,14-15,17H,5-7H2,1-4H3. The molecule has 0 saturated heterocycles. The summed E-state index contributed by atoms with van der Waals surface area (Å²) in [6.07, 6.45) is 2.99. The van der Waals surface area contributed by atoms with Crippen LogP contribution in [-0.4, -0.2) is 19.3 Å². The normalized spacial score (nSPS) is 23.1. The Morgan fingerprint density at radius 3 is 2.16 bits per heavy atom. The molecule has 19 heavy (non-hydrogen) atoms. The highest BCUT2D eigenvalue weighted by Crippen LogP contribution is 2.49. The van der Waals surface area contributed by atoms with Gasteiger partial charge in [0.05, 0.1) is 20.3 Å². The van der Waals surface area contributed by atoms with Crippen molar-refractivity contribution in [1.82, 2.24) is 0 Å². The Morgan fingerprint density at radius 1 is 1.16 bits per heavy atom. The van der Waals surface area contributed by atoms with Crippen molar-refractivity contribution in [2.75, 3.05) is 14.2 Å². The SMILES string of the molecule is COc1cc(OC)cc(C(O)C2CCCC2(C)C)c1. The van der Waals surface area contributed by atoms with Crippen LogP contribution in [0.25, 0.3) is 0 Å². The molecule has 3 heteroatoms. The molecular formula is C16H24O3. The molecular weight excluding hydrogens is 240 g/mol. The molecule has 0 amide bonds. The quantitative estimate of drug-likeness (QED) is 0.903. The van der Waals surface area contributed by atoms with Gasteiger partial charge in [0.25, 0.3) is 0 Å². The van der Waals surface area contributed by atoms with Crippen molar-refractivity contribution in [1.29, 1.82) is 0 Å². The van der Waals surface area contributed by atoms with Gasteiger partial charge in [-0.1, -0.05) is 20.3 Å². The minimum absolute atomic E-state index is 0.190. The predicted molar refractivity (Wildman–Crippen MR) is 75.6 cm³/mol. The van der Waals surface area contributed by atoms with Crippen LogP contribution >= 0.6 is 0 Å². The molecule has 0 radical (unpaired) electrons. The Balaban J connectivity index is 2.30. The Hall–Kier alpha value is -1.22. The summed E-state index contributed by atoms with van der Waals surface area (Å²) >= 11 is 0. The molecule has 1 aliphatic rings. The van der Waals surface area contributed by atoms with Crippen molar-refractivity contribution >= 4 is 0 Å². The molecule has 1 aromatic carbocycles. The van der Waals surface area contributed by atoms with E-state index < -0.39 is 6.10 Å². The zero-order chi connectivity index (χ0) is 14.0. The van der Waals surface area contributed by atoms with Crippen molar-refractivity contribution in [3.63, 3.8) is 0 Å². The van der Waals surface area contributed by atoms with Gasteiger partial charge in [-0.15, -0.1) is 0 Å². The zero-order valence-corrected chi connectivity index (χ0v) is 12.3. The minimum atomic E-state index is -0.457. The van der Waals surface area contributed by atoms with Gasteiger partial charge < -0.3 is 14.6 Å². The second-order valence-corrected chi connectivity index (χ2v) is 6.08. The Kier molecular flexibility index (Phi) is 4.04. The molecule has 106 valence electrons. The molecule has 0 aliphatic heterocycles. The summed E-state index contributed by atoms with van der Waals surface area (Å²) in [6, 6.07) is 5.64. The lowest BCUT2D eigenvalue weighted by Gasteiger charge is -2.31. The average Bonchev–Trinajstić information content (AvgIpc) is 2.76. The highest BCUT2D eigenvalue weighted by molar-refractivity contribution is 5.39. The molecule has 1 saturated carbocycles. The van der Waals surface area contributed by atoms with Crippen molar-refractivity contribution in [2.45, 2.75) is 39.2 Å². The third-order valence-electron chi connectivity index (χ3n) is 4.44. The van der Waals surface area contributed by atoms with Crippen LogP contribution in [-0.2, 0) is 0 Å². The lowest BCUT2D eigenvalue weighted by molar-refractivity contribution is 0.0528. The summed E-state index contributed by atoms with van der Waals surface area (Å²) in [7, 11) is 3.26. The van der Waals surface area contributed by atoms with Gasteiger partial charge in [0.15, 0.2) is 0 Å². The number of hydrogen-bond acceptors (Lipinski definition) is 3. The van der Waals surface area contributed by atoms with E-state index in [-0.39, 0.29) is 5.41 Å². The molecule has 3 nitrogen and oxygen atoms in total. The molecule has 1 N–H and O–H groups in total. The fraction of sp³-hybridized carbons (Fsp3) is 0.625. The van der Waals surface area contributed by atoms with Crippen LogP contribution in [0.2, 0.25) is 0 Å². The van der Waals surface area contributed by atoms with E-state index in [0.717, 1.165) is 23.5 Å². The second-order valence-electron chi connectivity index (χ2n) is 6.08. The smallest absolute Gasteiger partial charge is 0.122 e. The molecule has 0 bridgehead atoms. The summed E-state index contributed by atoms with van der Waals surface area (Å²) in [4.78, 5) is 0. The summed E-state index contributed by atoms with van der Waals surface area (Å²) in [5.41, 5.74) is 1.08. The number of benzene rings is 1. The van der Waals surface area contributed by atoms with Crippen molar-refractivity contribution < 1.29 is 14.6 Å². The number of ether oxygens (including phenoxy) is 2. The number of aliphatic hydroxyl groups excluding tert-OH is 1. The van der Waals surface area contributed by atoms with Gasteiger partial charge in [0, 0.05) is 6.07 Å². The molecule has 1 aromatic rings. The van der Waals surface area contributed by atoms with Gasteiger partial charge in [-0.2, -0.15) is 0 Å². The molecule has 0 spiro atoms. The molecule has 1 aliphatic carbocycles. The maximum atomic E-state index is 10.7. The van der Waals surface area contributed by atoms with Crippen LogP contribution in [0.15, 0.2) is 18.2 Å². The van der Waals surface area contributed by atoms with Crippen LogP contribution < -0.4 is 9.47 Å². The van der Waals surface area contributed by atoms with Crippen molar-refractivity contribution in [3.8, 4) is 11.5 Å². The molecule has 2 rings (SSSR count). The maximum absolute atomic E-state index is 10.7. The molecule has 1 fully saturated rings. The molecule has 2 atom stereocenters. The zero-order valence-electron chi connectivity index (χ0n) is 12.3. The first-order chi connectivity index (χ1) is 8.97. The average molecular weight is 264 g/mol. The van der Waals surface area contributed by atoms with Gasteiger partial charge in [0.2, 0.25) is 0 Å². The highest BCUT2D eigenvalue weighted by atomic mass is 16.5.